The van der Waals surface area contributed by atoms with Crippen LogP contribution in [0.1, 0.15) is 112 Å². The largest absolute Gasteiger partial charge is 0.484 e. The van der Waals surface area contributed by atoms with E-state index in [1.807, 2.05) is 61.7 Å². The number of nitrogens with one attached hydrogen (secondary N) is 2. The average Bonchev–Trinajstić information content (AvgIpc) is 3.41. The monoisotopic (exact) mass is 584 g/mol. The van der Waals surface area contributed by atoms with E-state index in [1.54, 1.807) is 19.1 Å². The lowest BCUT2D eigenvalue weighted by atomic mass is 9.85. The van der Waals surface area contributed by atoms with Gasteiger partial charge in [-0.05, 0) is 61.6 Å². The first-order valence-corrected chi connectivity index (χ1v) is 14.9. The fourth-order valence-corrected chi connectivity index (χ4v) is 5.29. The van der Waals surface area contributed by atoms with Crippen LogP contribution in [0.3, 0.4) is 0 Å². The molecule has 3 heterocycles. The number of urea groups is 1. The minimum atomic E-state index is -0.524. The third kappa shape index (κ3) is 6.63. The third-order valence-corrected chi connectivity index (χ3v) is 7.81. The molecule has 0 aliphatic heterocycles. The summed E-state index contributed by atoms with van der Waals surface area (Å²) in [6.07, 6.45) is 4.17. The molecule has 0 saturated heterocycles. The number of nitrogens with zero attached hydrogens (tertiary/aromatic N) is 4. The van der Waals surface area contributed by atoms with Crippen molar-refractivity contribution in [1.82, 2.24) is 24.9 Å². The van der Waals surface area contributed by atoms with E-state index in [-0.39, 0.29) is 41.8 Å². The Balaban J connectivity index is 1.33. The first-order chi connectivity index (χ1) is 20.6. The predicted molar refractivity (Wildman–Crippen MR) is 165 cm³/mol. The fraction of sp³-hybridized carbons (Fsp3) is 0.424. The van der Waals surface area contributed by atoms with Gasteiger partial charge in [0, 0.05) is 22.7 Å². The van der Waals surface area contributed by atoms with Crippen LogP contribution in [0.15, 0.2) is 54.7 Å². The molecule has 4 aromatic rings. The zero-order valence-corrected chi connectivity index (χ0v) is 25.7. The van der Waals surface area contributed by atoms with Crippen LogP contribution in [0, 0.1) is 0 Å². The summed E-state index contributed by atoms with van der Waals surface area (Å²) in [5.74, 6) is 1.41. The molecule has 226 valence electrons. The molecular weight excluding hydrogens is 544 g/mol. The molecule has 1 aliphatic rings. The lowest BCUT2D eigenvalue weighted by Gasteiger charge is -2.32. The van der Waals surface area contributed by atoms with Gasteiger partial charge < -0.3 is 20.1 Å². The Morgan fingerprint density at radius 1 is 1.05 bits per heavy atom. The van der Waals surface area contributed by atoms with Crippen molar-refractivity contribution < 1.29 is 19.1 Å². The highest BCUT2D eigenvalue weighted by Gasteiger charge is 2.30. The number of fused-ring (bicyclic) bond motifs is 2. The van der Waals surface area contributed by atoms with E-state index in [4.69, 9.17) is 9.47 Å². The number of amides is 2. The molecule has 1 aromatic carbocycles. The van der Waals surface area contributed by atoms with Gasteiger partial charge in [0.25, 0.3) is 0 Å². The summed E-state index contributed by atoms with van der Waals surface area (Å²) in [4.78, 5) is 30.2. The van der Waals surface area contributed by atoms with Crippen molar-refractivity contribution in [2.45, 2.75) is 84.3 Å². The molecule has 0 radical (unpaired) electrons. The number of anilines is 1. The maximum atomic E-state index is 13.2. The topological polar surface area (TPSA) is 120 Å². The van der Waals surface area contributed by atoms with E-state index >= 15 is 0 Å². The highest BCUT2D eigenvalue weighted by Crippen LogP contribution is 2.39. The minimum absolute atomic E-state index is 0.161. The summed E-state index contributed by atoms with van der Waals surface area (Å²) in [6, 6.07) is 14.7. The lowest BCUT2D eigenvalue weighted by Crippen LogP contribution is -2.35. The predicted octanol–water partition coefficient (Wildman–Crippen LogP) is 6.89. The van der Waals surface area contributed by atoms with E-state index in [1.165, 1.54) is 0 Å². The van der Waals surface area contributed by atoms with Gasteiger partial charge in [-0.1, -0.05) is 58.9 Å². The number of esters is 1. The second-order valence-corrected chi connectivity index (χ2v) is 12.0. The van der Waals surface area contributed by atoms with Crippen LogP contribution in [0.2, 0.25) is 0 Å². The maximum Gasteiger partial charge on any atom is 0.356 e. The molecule has 0 bridgehead atoms. The van der Waals surface area contributed by atoms with Crippen molar-refractivity contribution in [2.75, 3.05) is 11.9 Å². The summed E-state index contributed by atoms with van der Waals surface area (Å²) in [5, 5.41) is 14.7. The number of hydrogen-bond acceptors (Lipinski definition) is 7. The molecule has 2 N–H and O–H groups in total. The van der Waals surface area contributed by atoms with Gasteiger partial charge >= 0.3 is 12.0 Å². The first-order valence-electron chi connectivity index (χ1n) is 14.9. The Morgan fingerprint density at radius 2 is 1.81 bits per heavy atom. The van der Waals surface area contributed by atoms with Crippen molar-refractivity contribution in [3.8, 4) is 5.75 Å². The number of carbonyl (C=O) groups is 2. The Morgan fingerprint density at radius 3 is 2.53 bits per heavy atom. The van der Waals surface area contributed by atoms with Crippen LogP contribution in [-0.4, -0.2) is 38.2 Å². The number of carbonyl (C=O) groups excluding carboxylic acids is 2. The molecule has 2 amide bonds. The van der Waals surface area contributed by atoms with Crippen molar-refractivity contribution in [2.24, 2.45) is 0 Å². The van der Waals surface area contributed by atoms with E-state index in [0.29, 0.717) is 17.8 Å². The van der Waals surface area contributed by atoms with Crippen LogP contribution >= 0.6 is 0 Å². The Hall–Kier alpha value is -4.47. The zero-order valence-electron chi connectivity index (χ0n) is 25.7. The van der Waals surface area contributed by atoms with Gasteiger partial charge in [-0.25, -0.2) is 14.6 Å². The SMILES string of the molecule is CCOC(=O)c1cc(NC(=O)N[C@H]2CC[C@@H](Oc3ccc4nnc(C(C)CC)n4c3)c3ccccc32)cc(C(C)(C)C)n1. The van der Waals surface area contributed by atoms with Crippen LogP contribution < -0.4 is 15.4 Å². The van der Waals surface area contributed by atoms with Crippen LogP contribution in [-0.2, 0) is 10.2 Å². The van der Waals surface area contributed by atoms with Crippen molar-refractivity contribution in [1.29, 1.82) is 0 Å². The summed E-state index contributed by atoms with van der Waals surface area (Å²) in [7, 11) is 0. The van der Waals surface area contributed by atoms with E-state index in [9.17, 15) is 9.59 Å². The molecule has 0 spiro atoms. The molecule has 1 aliphatic carbocycles. The van der Waals surface area contributed by atoms with Crippen LogP contribution in [0.5, 0.6) is 5.75 Å². The lowest BCUT2D eigenvalue weighted by molar-refractivity contribution is 0.0519. The summed E-state index contributed by atoms with van der Waals surface area (Å²) in [6.45, 7) is 12.3. The molecule has 43 heavy (non-hydrogen) atoms. The molecule has 1 unspecified atom stereocenters. The Bertz CT molecular complexity index is 1630. The van der Waals surface area contributed by atoms with E-state index < -0.39 is 5.97 Å². The molecule has 10 nitrogen and oxygen atoms in total. The normalized spacial score (nSPS) is 17.2. The van der Waals surface area contributed by atoms with E-state index in [0.717, 1.165) is 41.2 Å². The average molecular weight is 585 g/mol. The number of ether oxygens (including phenoxy) is 2. The summed E-state index contributed by atoms with van der Waals surface area (Å²) >= 11 is 0. The molecule has 0 saturated carbocycles. The molecule has 3 atom stereocenters. The second kappa shape index (κ2) is 12.4. The molecule has 3 aromatic heterocycles. The van der Waals surface area contributed by atoms with Gasteiger partial charge in [0.15, 0.2) is 11.3 Å². The number of pyridine rings is 2. The third-order valence-electron chi connectivity index (χ3n) is 7.81. The fourth-order valence-electron chi connectivity index (χ4n) is 5.29. The van der Waals surface area contributed by atoms with Gasteiger partial charge in [-0.3, -0.25) is 4.40 Å². The van der Waals surface area contributed by atoms with Gasteiger partial charge in [0.05, 0.1) is 18.8 Å². The quantitative estimate of drug-likeness (QED) is 0.216. The summed E-state index contributed by atoms with van der Waals surface area (Å²) in [5.41, 5.74) is 3.82. The summed E-state index contributed by atoms with van der Waals surface area (Å²) < 4.78 is 13.7. The maximum absolute atomic E-state index is 13.2. The van der Waals surface area contributed by atoms with Crippen molar-refractivity contribution in [3.63, 3.8) is 0 Å². The van der Waals surface area contributed by atoms with Gasteiger partial charge in [0.2, 0.25) is 0 Å². The van der Waals surface area contributed by atoms with Gasteiger partial charge in [-0.2, -0.15) is 0 Å². The number of hydrogen-bond donors (Lipinski definition) is 2. The van der Waals surface area contributed by atoms with E-state index in [2.05, 4.69) is 45.7 Å². The van der Waals surface area contributed by atoms with Crippen LogP contribution in [0.4, 0.5) is 10.5 Å². The van der Waals surface area contributed by atoms with Gasteiger partial charge in [0.1, 0.15) is 17.7 Å². The Labute approximate surface area is 252 Å². The van der Waals surface area contributed by atoms with Crippen LogP contribution in [0.25, 0.3) is 5.65 Å². The molecule has 5 rings (SSSR count). The first kappa shape index (κ1) is 30.0. The zero-order chi connectivity index (χ0) is 30.7. The minimum Gasteiger partial charge on any atom is -0.484 e. The number of rotatable bonds is 8. The standard InChI is InChI=1S/C33H40N6O4/c1-7-20(3)30-38-37-29-16-13-22(19-39(29)30)43-27-15-14-25(23-11-9-10-12-24(23)27)36-32(41)34-21-17-26(31(40)42-8-2)35-28(18-21)33(4,5)6/h9-13,16-20,25,27H,7-8,14-15H2,1-6H3,(H2,34,35,36,41)/t20?,25-,27+/m0/s1. The highest BCUT2D eigenvalue weighted by molar-refractivity contribution is 5.93. The van der Waals surface area contributed by atoms with Crippen molar-refractivity contribution in [3.05, 3.63) is 83.1 Å². The van der Waals surface area contributed by atoms with Gasteiger partial charge in [-0.15, -0.1) is 10.2 Å². The number of aromatic nitrogens is 4. The molecule has 10 heteroatoms. The number of benzene rings is 1. The molecule has 0 fully saturated rings. The van der Waals surface area contributed by atoms with Crippen molar-refractivity contribution >= 4 is 23.3 Å². The second-order valence-electron chi connectivity index (χ2n) is 12.0. The smallest absolute Gasteiger partial charge is 0.356 e. The molecular formula is C33H40N6O4. The highest BCUT2D eigenvalue weighted by atomic mass is 16.5. The Kier molecular flexibility index (Phi) is 8.66.